The maximum absolute atomic E-state index is 14.6. The predicted octanol–water partition coefficient (Wildman–Crippen LogP) is 2.56. The Bertz CT molecular complexity index is 347. The van der Waals surface area contributed by atoms with E-state index in [1.165, 1.54) is 19.1 Å². The van der Waals surface area contributed by atoms with E-state index in [9.17, 15) is 9.50 Å². The SMILES string of the molecule is CC(C)(CN)C(C)(F)c1cccc(O)c1. The molecule has 0 bridgehead atoms. The first-order valence-corrected chi connectivity index (χ1v) is 5.00. The lowest BCUT2D eigenvalue weighted by Crippen LogP contribution is -2.41. The molecule has 0 aliphatic heterocycles. The molecule has 1 atom stereocenters. The number of hydrogen-bond acceptors (Lipinski definition) is 2. The summed E-state index contributed by atoms with van der Waals surface area (Å²) in [5.74, 6) is 0.0733. The number of hydrogen-bond donors (Lipinski definition) is 2. The molecule has 0 aliphatic carbocycles. The molecule has 0 aromatic heterocycles. The number of phenols is 1. The number of phenolic OH excluding ortho intramolecular Hbond substituents is 1. The van der Waals surface area contributed by atoms with E-state index in [1.54, 1.807) is 26.0 Å². The van der Waals surface area contributed by atoms with Crippen LogP contribution in [-0.4, -0.2) is 11.7 Å². The molecule has 3 N–H and O–H groups in total. The second-order valence-electron chi connectivity index (χ2n) is 4.64. The van der Waals surface area contributed by atoms with Crippen molar-refractivity contribution < 1.29 is 9.50 Å². The van der Waals surface area contributed by atoms with Gasteiger partial charge in [0.1, 0.15) is 11.4 Å². The predicted molar refractivity (Wildman–Crippen MR) is 59.4 cm³/mol. The summed E-state index contributed by atoms with van der Waals surface area (Å²) in [4.78, 5) is 0. The number of benzene rings is 1. The molecule has 84 valence electrons. The van der Waals surface area contributed by atoms with Crippen LogP contribution in [0.5, 0.6) is 5.75 Å². The third-order valence-corrected chi connectivity index (χ3v) is 3.17. The first-order chi connectivity index (χ1) is 6.81. The van der Waals surface area contributed by atoms with Crippen LogP contribution in [0, 0.1) is 5.41 Å². The molecule has 0 spiro atoms. The highest BCUT2D eigenvalue weighted by atomic mass is 19.1. The smallest absolute Gasteiger partial charge is 0.139 e. The molecule has 0 fully saturated rings. The molecular weight excluding hydrogens is 193 g/mol. The van der Waals surface area contributed by atoms with Crippen LogP contribution in [0.15, 0.2) is 24.3 Å². The first-order valence-electron chi connectivity index (χ1n) is 5.00. The molecule has 0 radical (unpaired) electrons. The molecule has 1 aromatic carbocycles. The van der Waals surface area contributed by atoms with Gasteiger partial charge >= 0.3 is 0 Å². The highest BCUT2D eigenvalue weighted by Gasteiger charge is 2.42. The maximum Gasteiger partial charge on any atom is 0.139 e. The van der Waals surface area contributed by atoms with Crippen LogP contribution in [0.1, 0.15) is 26.3 Å². The van der Waals surface area contributed by atoms with Gasteiger partial charge in [0, 0.05) is 12.0 Å². The summed E-state index contributed by atoms with van der Waals surface area (Å²) in [6.07, 6.45) is 0. The molecule has 0 saturated heterocycles. The molecule has 0 amide bonds. The van der Waals surface area contributed by atoms with E-state index < -0.39 is 11.1 Å². The van der Waals surface area contributed by atoms with Crippen LogP contribution in [0.4, 0.5) is 4.39 Å². The van der Waals surface area contributed by atoms with E-state index in [0.717, 1.165) is 0 Å². The van der Waals surface area contributed by atoms with Gasteiger partial charge in [0.15, 0.2) is 0 Å². The Labute approximate surface area is 89.9 Å². The van der Waals surface area contributed by atoms with Crippen molar-refractivity contribution in [3.63, 3.8) is 0 Å². The lowest BCUT2D eigenvalue weighted by atomic mass is 9.73. The minimum atomic E-state index is -1.56. The van der Waals surface area contributed by atoms with Gasteiger partial charge in [-0.25, -0.2) is 4.39 Å². The third-order valence-electron chi connectivity index (χ3n) is 3.17. The number of alkyl halides is 1. The Balaban J connectivity index is 3.16. The molecule has 15 heavy (non-hydrogen) atoms. The molecule has 0 heterocycles. The van der Waals surface area contributed by atoms with Crippen molar-refractivity contribution in [1.82, 2.24) is 0 Å². The minimum Gasteiger partial charge on any atom is -0.508 e. The van der Waals surface area contributed by atoms with E-state index in [0.29, 0.717) is 5.56 Å². The normalized spacial score (nSPS) is 16.1. The Kier molecular flexibility index (Phi) is 3.05. The standard InChI is InChI=1S/C12H18FNO/c1-11(2,8-14)12(3,13)9-5-4-6-10(15)7-9/h4-7,15H,8,14H2,1-3H3. The first kappa shape index (κ1) is 12.0. The van der Waals surface area contributed by atoms with E-state index in [2.05, 4.69) is 0 Å². The Morgan fingerprint density at radius 2 is 1.93 bits per heavy atom. The second kappa shape index (κ2) is 3.81. The van der Waals surface area contributed by atoms with Gasteiger partial charge in [-0.3, -0.25) is 0 Å². The lowest BCUT2D eigenvalue weighted by molar-refractivity contribution is 0.0370. The zero-order chi connectivity index (χ0) is 11.7. The quantitative estimate of drug-likeness (QED) is 0.807. The van der Waals surface area contributed by atoms with Crippen LogP contribution in [0.25, 0.3) is 0 Å². The summed E-state index contributed by atoms with van der Waals surface area (Å²) in [6.45, 7) is 5.29. The molecule has 2 nitrogen and oxygen atoms in total. The summed E-state index contributed by atoms with van der Waals surface area (Å²) in [7, 11) is 0. The molecule has 1 aromatic rings. The van der Waals surface area contributed by atoms with Crippen molar-refractivity contribution >= 4 is 0 Å². The summed E-state index contributed by atoms with van der Waals surface area (Å²) in [5, 5.41) is 9.32. The fourth-order valence-corrected chi connectivity index (χ4v) is 1.38. The number of halogens is 1. The molecule has 1 unspecified atom stereocenters. The summed E-state index contributed by atoms with van der Waals surface area (Å²) >= 11 is 0. The Morgan fingerprint density at radius 1 is 1.33 bits per heavy atom. The van der Waals surface area contributed by atoms with Crippen LogP contribution in [0.3, 0.4) is 0 Å². The largest absolute Gasteiger partial charge is 0.508 e. The number of aromatic hydroxyl groups is 1. The van der Waals surface area contributed by atoms with Crippen molar-refractivity contribution in [2.24, 2.45) is 11.1 Å². The van der Waals surface area contributed by atoms with Crippen molar-refractivity contribution in [3.05, 3.63) is 29.8 Å². The second-order valence-corrected chi connectivity index (χ2v) is 4.64. The summed E-state index contributed by atoms with van der Waals surface area (Å²) in [5.41, 5.74) is 3.80. The van der Waals surface area contributed by atoms with Crippen LogP contribution in [0.2, 0.25) is 0 Å². The molecule has 3 heteroatoms. The van der Waals surface area contributed by atoms with Crippen molar-refractivity contribution in [2.75, 3.05) is 6.54 Å². The zero-order valence-electron chi connectivity index (χ0n) is 9.42. The Hall–Kier alpha value is -1.09. The molecule has 0 saturated carbocycles. The minimum absolute atomic E-state index is 0.0733. The highest BCUT2D eigenvalue weighted by Crippen LogP contribution is 2.42. The van der Waals surface area contributed by atoms with E-state index in [4.69, 9.17) is 5.73 Å². The van der Waals surface area contributed by atoms with E-state index >= 15 is 0 Å². The van der Waals surface area contributed by atoms with E-state index in [-0.39, 0.29) is 12.3 Å². The highest BCUT2D eigenvalue weighted by molar-refractivity contribution is 5.32. The monoisotopic (exact) mass is 211 g/mol. The van der Waals surface area contributed by atoms with Gasteiger partial charge in [0.2, 0.25) is 0 Å². The van der Waals surface area contributed by atoms with Crippen molar-refractivity contribution in [1.29, 1.82) is 0 Å². The van der Waals surface area contributed by atoms with Crippen LogP contribution in [-0.2, 0) is 5.67 Å². The summed E-state index contributed by atoms with van der Waals surface area (Å²) < 4.78 is 14.6. The Morgan fingerprint density at radius 3 is 2.40 bits per heavy atom. The summed E-state index contributed by atoms with van der Waals surface area (Å²) in [6, 6.07) is 6.26. The van der Waals surface area contributed by atoms with Gasteiger partial charge < -0.3 is 10.8 Å². The van der Waals surface area contributed by atoms with Crippen LogP contribution >= 0.6 is 0 Å². The van der Waals surface area contributed by atoms with Crippen LogP contribution < -0.4 is 5.73 Å². The molecule has 1 rings (SSSR count). The third kappa shape index (κ3) is 2.12. The fourth-order valence-electron chi connectivity index (χ4n) is 1.38. The average molecular weight is 211 g/mol. The number of nitrogens with two attached hydrogens (primary N) is 1. The van der Waals surface area contributed by atoms with Crippen molar-refractivity contribution in [3.8, 4) is 5.75 Å². The van der Waals surface area contributed by atoms with Crippen molar-refractivity contribution in [2.45, 2.75) is 26.4 Å². The van der Waals surface area contributed by atoms with Gasteiger partial charge in [-0.1, -0.05) is 26.0 Å². The average Bonchev–Trinajstić information content (AvgIpc) is 2.17. The zero-order valence-corrected chi connectivity index (χ0v) is 9.42. The van der Waals surface area contributed by atoms with Gasteiger partial charge in [-0.15, -0.1) is 0 Å². The molecular formula is C12H18FNO. The van der Waals surface area contributed by atoms with Gasteiger partial charge in [-0.05, 0) is 24.6 Å². The maximum atomic E-state index is 14.6. The van der Waals surface area contributed by atoms with Gasteiger partial charge in [-0.2, -0.15) is 0 Å². The fraction of sp³-hybridized carbons (Fsp3) is 0.500. The van der Waals surface area contributed by atoms with Gasteiger partial charge in [0.25, 0.3) is 0 Å². The molecule has 0 aliphatic rings. The topological polar surface area (TPSA) is 46.2 Å². The number of rotatable bonds is 3. The van der Waals surface area contributed by atoms with E-state index in [1.807, 2.05) is 0 Å². The van der Waals surface area contributed by atoms with Gasteiger partial charge in [0.05, 0.1) is 0 Å². The lowest BCUT2D eigenvalue weighted by Gasteiger charge is -2.37.